The second kappa shape index (κ2) is 9.28. The highest BCUT2D eigenvalue weighted by atomic mass is 35.5. The molecule has 0 aliphatic heterocycles. The summed E-state index contributed by atoms with van der Waals surface area (Å²) in [5, 5.41) is 0.847. The van der Waals surface area contributed by atoms with Crippen molar-refractivity contribution in [3.63, 3.8) is 0 Å². The zero-order valence-corrected chi connectivity index (χ0v) is 19.5. The zero-order chi connectivity index (χ0) is 22.7. The van der Waals surface area contributed by atoms with Crippen LogP contribution >= 0.6 is 22.9 Å². The average molecular weight is 487 g/mol. The molecule has 0 fully saturated rings. The van der Waals surface area contributed by atoms with Crippen molar-refractivity contribution in [2.45, 2.75) is 11.4 Å². The van der Waals surface area contributed by atoms with Crippen molar-refractivity contribution >= 4 is 54.0 Å². The third kappa shape index (κ3) is 4.93. The highest BCUT2D eigenvalue weighted by Gasteiger charge is 2.27. The number of hydrogen-bond donors (Lipinski definition) is 0. The van der Waals surface area contributed by atoms with E-state index in [1.165, 1.54) is 40.5 Å². The maximum absolute atomic E-state index is 13.3. The van der Waals surface area contributed by atoms with Crippen LogP contribution in [0.5, 0.6) is 5.75 Å². The third-order valence-electron chi connectivity index (χ3n) is 4.79. The van der Waals surface area contributed by atoms with Gasteiger partial charge in [-0.15, -0.1) is 0 Å². The largest absolute Gasteiger partial charge is 0.497 e. The fraction of sp³-hybridized carbons (Fsp3) is 0.130. The van der Waals surface area contributed by atoms with Crippen LogP contribution in [0.1, 0.15) is 5.56 Å². The van der Waals surface area contributed by atoms with Gasteiger partial charge in [-0.05, 0) is 42.0 Å². The molecular weight excluding hydrogens is 468 g/mol. The molecule has 0 saturated carbocycles. The Morgan fingerprint density at radius 2 is 1.78 bits per heavy atom. The first-order chi connectivity index (χ1) is 15.4. The molecule has 9 heteroatoms. The Hall–Kier alpha value is -2.94. The van der Waals surface area contributed by atoms with Gasteiger partial charge in [0.25, 0.3) is 0 Å². The first-order valence-electron chi connectivity index (χ1n) is 9.63. The van der Waals surface area contributed by atoms with Gasteiger partial charge in [-0.2, -0.15) is 0 Å². The van der Waals surface area contributed by atoms with Crippen molar-refractivity contribution in [1.82, 2.24) is 4.98 Å². The van der Waals surface area contributed by atoms with Gasteiger partial charge in [0, 0.05) is 11.1 Å². The monoisotopic (exact) mass is 486 g/mol. The van der Waals surface area contributed by atoms with Gasteiger partial charge in [-0.25, -0.2) is 13.4 Å². The van der Waals surface area contributed by atoms with Gasteiger partial charge in [-0.3, -0.25) is 9.69 Å². The molecule has 0 aliphatic carbocycles. The van der Waals surface area contributed by atoms with Crippen molar-refractivity contribution in [3.8, 4) is 5.75 Å². The first-order valence-corrected chi connectivity index (χ1v) is 12.5. The predicted molar refractivity (Wildman–Crippen MR) is 127 cm³/mol. The van der Waals surface area contributed by atoms with Crippen LogP contribution < -0.4 is 9.64 Å². The van der Waals surface area contributed by atoms with Gasteiger partial charge in [-0.1, -0.05) is 53.3 Å². The van der Waals surface area contributed by atoms with Crippen molar-refractivity contribution in [2.24, 2.45) is 0 Å². The Kier molecular flexibility index (Phi) is 6.45. The van der Waals surface area contributed by atoms with Gasteiger partial charge in [0.15, 0.2) is 15.0 Å². The van der Waals surface area contributed by atoms with Gasteiger partial charge < -0.3 is 4.74 Å². The van der Waals surface area contributed by atoms with E-state index in [1.54, 1.807) is 13.2 Å². The highest BCUT2D eigenvalue weighted by Crippen LogP contribution is 2.32. The standard InChI is InChI=1S/C23H19ClN2O4S2/c1-30-18-9-12-21-20(13-18)25-23(31-21)26(14-16-5-3-2-4-6-16)22(27)15-32(28,29)19-10-7-17(24)8-11-19/h2-13H,14-15H2,1H3. The van der Waals surface area contributed by atoms with E-state index in [4.69, 9.17) is 16.3 Å². The number of thiazole rings is 1. The summed E-state index contributed by atoms with van der Waals surface area (Å²) in [5.74, 6) is -0.587. The van der Waals surface area contributed by atoms with E-state index in [0.717, 1.165) is 10.3 Å². The number of methoxy groups -OCH3 is 1. The normalized spacial score (nSPS) is 11.4. The lowest BCUT2D eigenvalue weighted by atomic mass is 10.2. The number of nitrogens with zero attached hydrogens (tertiary/aromatic N) is 2. The molecule has 1 amide bonds. The molecule has 3 aromatic carbocycles. The van der Waals surface area contributed by atoms with Crippen LogP contribution in [0.2, 0.25) is 5.02 Å². The number of carbonyl (C=O) groups excluding carboxylic acids is 1. The second-order valence-electron chi connectivity index (χ2n) is 7.01. The molecule has 0 atom stereocenters. The molecule has 1 heterocycles. The number of amides is 1. The summed E-state index contributed by atoms with van der Waals surface area (Å²) in [6, 6.07) is 20.6. The van der Waals surface area contributed by atoms with Crippen molar-refractivity contribution < 1.29 is 17.9 Å². The lowest BCUT2D eigenvalue weighted by Gasteiger charge is -2.20. The van der Waals surface area contributed by atoms with E-state index < -0.39 is 21.5 Å². The van der Waals surface area contributed by atoms with E-state index in [9.17, 15) is 13.2 Å². The molecule has 0 spiro atoms. The third-order valence-corrected chi connectivity index (χ3v) is 7.71. The number of benzene rings is 3. The summed E-state index contributed by atoms with van der Waals surface area (Å²) in [5.41, 5.74) is 1.54. The molecule has 0 aliphatic rings. The van der Waals surface area contributed by atoms with Crippen molar-refractivity contribution in [1.29, 1.82) is 0 Å². The van der Waals surface area contributed by atoms with Gasteiger partial charge in [0.2, 0.25) is 5.91 Å². The molecule has 1 aromatic heterocycles. The lowest BCUT2D eigenvalue weighted by molar-refractivity contribution is -0.116. The predicted octanol–water partition coefficient (Wildman–Crippen LogP) is 4.97. The molecule has 32 heavy (non-hydrogen) atoms. The maximum Gasteiger partial charge on any atom is 0.244 e. The Morgan fingerprint density at radius 1 is 1.06 bits per heavy atom. The number of anilines is 1. The van der Waals surface area contributed by atoms with E-state index in [-0.39, 0.29) is 11.4 Å². The Bertz CT molecular complexity index is 1350. The fourth-order valence-corrected chi connectivity index (χ4v) is 5.42. The summed E-state index contributed by atoms with van der Waals surface area (Å²) < 4.78 is 31.9. The minimum atomic E-state index is -3.86. The number of halogens is 1. The highest BCUT2D eigenvalue weighted by molar-refractivity contribution is 7.92. The summed E-state index contributed by atoms with van der Waals surface area (Å²) in [7, 11) is -2.28. The summed E-state index contributed by atoms with van der Waals surface area (Å²) >= 11 is 7.18. The Morgan fingerprint density at radius 3 is 2.47 bits per heavy atom. The Labute approximate surface area is 195 Å². The smallest absolute Gasteiger partial charge is 0.244 e. The molecule has 0 unspecified atom stereocenters. The number of hydrogen-bond acceptors (Lipinski definition) is 6. The second-order valence-corrected chi connectivity index (χ2v) is 10.4. The minimum absolute atomic E-state index is 0.0453. The summed E-state index contributed by atoms with van der Waals surface area (Å²) in [6.07, 6.45) is 0. The quantitative estimate of drug-likeness (QED) is 0.369. The summed E-state index contributed by atoms with van der Waals surface area (Å²) in [4.78, 5) is 19.3. The molecule has 4 rings (SSSR count). The molecule has 0 saturated heterocycles. The molecule has 164 valence electrons. The summed E-state index contributed by atoms with van der Waals surface area (Å²) in [6.45, 7) is 0.201. The van der Waals surface area contributed by atoms with E-state index in [0.29, 0.717) is 21.4 Å². The molecular formula is C23H19ClN2O4S2. The molecule has 0 N–H and O–H groups in total. The van der Waals surface area contributed by atoms with Crippen LogP contribution in [0, 0.1) is 0 Å². The fourth-order valence-electron chi connectivity index (χ4n) is 3.13. The van der Waals surface area contributed by atoms with Crippen LogP contribution in [-0.4, -0.2) is 32.2 Å². The van der Waals surface area contributed by atoms with Gasteiger partial charge >= 0.3 is 0 Å². The minimum Gasteiger partial charge on any atom is -0.497 e. The number of carbonyl (C=O) groups is 1. The van der Waals surface area contributed by atoms with Gasteiger partial charge in [0.05, 0.1) is 28.8 Å². The van der Waals surface area contributed by atoms with Crippen LogP contribution in [-0.2, 0) is 21.2 Å². The molecule has 4 aromatic rings. The van der Waals surface area contributed by atoms with E-state index in [2.05, 4.69) is 4.98 Å². The number of fused-ring (bicyclic) bond motifs is 1. The van der Waals surface area contributed by atoms with Gasteiger partial charge in [0.1, 0.15) is 11.5 Å². The van der Waals surface area contributed by atoms with Crippen molar-refractivity contribution in [2.75, 3.05) is 17.8 Å². The Balaban J connectivity index is 1.69. The van der Waals surface area contributed by atoms with Crippen LogP contribution in [0.3, 0.4) is 0 Å². The number of sulfone groups is 1. The van der Waals surface area contributed by atoms with Crippen LogP contribution in [0.4, 0.5) is 5.13 Å². The topological polar surface area (TPSA) is 76.6 Å². The van der Waals surface area contributed by atoms with Crippen LogP contribution in [0.25, 0.3) is 10.2 Å². The zero-order valence-electron chi connectivity index (χ0n) is 17.1. The molecule has 6 nitrogen and oxygen atoms in total. The maximum atomic E-state index is 13.3. The lowest BCUT2D eigenvalue weighted by Crippen LogP contribution is -2.35. The van der Waals surface area contributed by atoms with Crippen molar-refractivity contribution in [3.05, 3.63) is 83.4 Å². The van der Waals surface area contributed by atoms with E-state index in [1.807, 2.05) is 42.5 Å². The van der Waals surface area contributed by atoms with Crippen LogP contribution in [0.15, 0.2) is 77.7 Å². The number of ether oxygens (including phenoxy) is 1. The SMILES string of the molecule is COc1ccc2sc(N(Cc3ccccc3)C(=O)CS(=O)(=O)c3ccc(Cl)cc3)nc2c1. The first kappa shape index (κ1) is 22.3. The number of aromatic nitrogens is 1. The average Bonchev–Trinajstić information content (AvgIpc) is 3.21. The van der Waals surface area contributed by atoms with E-state index >= 15 is 0 Å². The molecule has 0 radical (unpaired) electrons. The molecule has 0 bridgehead atoms. The number of rotatable bonds is 7.